The van der Waals surface area contributed by atoms with Crippen molar-refractivity contribution in [3.05, 3.63) is 68.7 Å². The van der Waals surface area contributed by atoms with Gasteiger partial charge in [0.05, 0.1) is 16.2 Å². The Balaban J connectivity index is 1.97. The van der Waals surface area contributed by atoms with E-state index in [0.717, 1.165) is 0 Å². The second-order valence-corrected chi connectivity index (χ2v) is 5.28. The zero-order chi connectivity index (χ0) is 19.1. The molecule has 0 aliphatic carbocycles. The van der Waals surface area contributed by atoms with E-state index < -0.39 is 23.4 Å². The fourth-order valence-electron chi connectivity index (χ4n) is 1.82. The van der Waals surface area contributed by atoms with Gasteiger partial charge in [-0.3, -0.25) is 14.9 Å². The molecule has 26 heavy (non-hydrogen) atoms. The van der Waals surface area contributed by atoms with Gasteiger partial charge in [0, 0.05) is 17.7 Å². The van der Waals surface area contributed by atoms with Gasteiger partial charge in [0.1, 0.15) is 5.75 Å². The molecular weight excluding hydrogens is 366 g/mol. The van der Waals surface area contributed by atoms with Crippen LogP contribution in [0.5, 0.6) is 5.75 Å². The lowest BCUT2D eigenvalue weighted by Crippen LogP contribution is -2.17. The van der Waals surface area contributed by atoms with Crippen LogP contribution in [0.1, 0.15) is 15.9 Å². The second-order valence-electron chi connectivity index (χ2n) is 4.88. The first-order valence-electron chi connectivity index (χ1n) is 7.09. The molecule has 0 bridgehead atoms. The smallest absolute Gasteiger partial charge is 0.341 e. The Hall–Kier alpha value is -3.46. The molecule has 2 aromatic carbocycles. The number of non-ortho nitro benzene ring substituents is 1. The Labute approximate surface area is 152 Å². The van der Waals surface area contributed by atoms with Gasteiger partial charge in [-0.05, 0) is 35.9 Å². The number of nitro groups is 1. The van der Waals surface area contributed by atoms with E-state index in [0.29, 0.717) is 5.56 Å². The van der Waals surface area contributed by atoms with Crippen molar-refractivity contribution >= 4 is 35.4 Å². The van der Waals surface area contributed by atoms with Gasteiger partial charge < -0.3 is 9.84 Å². The van der Waals surface area contributed by atoms with Crippen molar-refractivity contribution in [3.8, 4) is 5.75 Å². The zero-order valence-corrected chi connectivity index (χ0v) is 13.8. The highest BCUT2D eigenvalue weighted by Crippen LogP contribution is 2.24. The number of aliphatic carboxylic acids is 1. The predicted molar refractivity (Wildman–Crippen MR) is 92.7 cm³/mol. The normalized spacial score (nSPS) is 10.5. The van der Waals surface area contributed by atoms with E-state index in [1.54, 1.807) is 6.07 Å². The van der Waals surface area contributed by atoms with Gasteiger partial charge >= 0.3 is 5.97 Å². The first-order valence-corrected chi connectivity index (χ1v) is 7.46. The standard InChI is InChI=1S/C16H12ClN3O6/c17-13-7-10(1-6-14(13)26-9-15(21)22)8-18-19-16(23)11-2-4-12(5-3-11)20(24)25/h1-8H,9H2,(H,19,23)(H,21,22)/b18-8-. The number of amides is 1. The summed E-state index contributed by atoms with van der Waals surface area (Å²) in [4.78, 5) is 32.4. The van der Waals surface area contributed by atoms with Crippen LogP contribution in [0, 0.1) is 10.1 Å². The molecule has 0 spiro atoms. The third kappa shape index (κ3) is 5.28. The Morgan fingerprint density at radius 3 is 2.54 bits per heavy atom. The van der Waals surface area contributed by atoms with Crippen LogP contribution in [-0.4, -0.2) is 34.7 Å². The lowest BCUT2D eigenvalue weighted by molar-refractivity contribution is -0.384. The molecule has 2 aromatic rings. The summed E-state index contributed by atoms with van der Waals surface area (Å²) in [5.41, 5.74) is 2.91. The summed E-state index contributed by atoms with van der Waals surface area (Å²) in [5, 5.41) is 23.1. The molecule has 0 unspecified atom stereocenters. The van der Waals surface area contributed by atoms with E-state index in [2.05, 4.69) is 10.5 Å². The second kappa shape index (κ2) is 8.58. The van der Waals surface area contributed by atoms with E-state index >= 15 is 0 Å². The molecule has 0 heterocycles. The van der Waals surface area contributed by atoms with Crippen LogP contribution in [-0.2, 0) is 4.79 Å². The summed E-state index contributed by atoms with van der Waals surface area (Å²) in [5.74, 6) is -1.45. The third-order valence-corrected chi connectivity index (χ3v) is 3.32. The predicted octanol–water partition coefficient (Wildman–Crippen LogP) is 2.48. The highest BCUT2D eigenvalue weighted by atomic mass is 35.5. The van der Waals surface area contributed by atoms with E-state index in [-0.39, 0.29) is 22.0 Å². The minimum atomic E-state index is -1.12. The van der Waals surface area contributed by atoms with Gasteiger partial charge in [-0.1, -0.05) is 11.6 Å². The maximum Gasteiger partial charge on any atom is 0.341 e. The minimum Gasteiger partial charge on any atom is -0.480 e. The number of carboxylic acid groups (broad SMARTS) is 1. The molecule has 1 amide bonds. The van der Waals surface area contributed by atoms with Crippen molar-refractivity contribution < 1.29 is 24.4 Å². The summed E-state index contributed by atoms with van der Waals surface area (Å²) < 4.78 is 4.99. The SMILES string of the molecule is O=C(O)COc1ccc(/C=N\NC(=O)c2ccc([N+](=O)[O-])cc2)cc1Cl. The number of carbonyl (C=O) groups is 2. The Kier molecular flexibility index (Phi) is 6.23. The molecule has 10 heteroatoms. The third-order valence-electron chi connectivity index (χ3n) is 3.03. The maximum atomic E-state index is 11.9. The van der Waals surface area contributed by atoms with Gasteiger partial charge in [0.15, 0.2) is 6.61 Å². The van der Waals surface area contributed by atoms with Crippen LogP contribution in [0.25, 0.3) is 0 Å². The highest BCUT2D eigenvalue weighted by Gasteiger charge is 2.09. The first kappa shape index (κ1) is 18.9. The molecule has 0 aliphatic rings. The molecule has 134 valence electrons. The van der Waals surface area contributed by atoms with Crippen molar-refractivity contribution in [2.75, 3.05) is 6.61 Å². The Morgan fingerprint density at radius 2 is 1.96 bits per heavy atom. The molecular formula is C16H12ClN3O6. The number of carboxylic acids is 1. The molecule has 0 atom stereocenters. The fourth-order valence-corrected chi connectivity index (χ4v) is 2.06. The average Bonchev–Trinajstić information content (AvgIpc) is 2.60. The molecule has 0 saturated heterocycles. The van der Waals surface area contributed by atoms with Crippen LogP contribution in [0.15, 0.2) is 47.6 Å². The number of carbonyl (C=O) groups excluding carboxylic acids is 1. The van der Waals surface area contributed by atoms with Crippen molar-refractivity contribution in [1.82, 2.24) is 5.43 Å². The minimum absolute atomic E-state index is 0.120. The number of nitrogens with one attached hydrogen (secondary N) is 1. The van der Waals surface area contributed by atoms with E-state index in [9.17, 15) is 19.7 Å². The highest BCUT2D eigenvalue weighted by molar-refractivity contribution is 6.32. The van der Waals surface area contributed by atoms with E-state index in [1.165, 1.54) is 42.6 Å². The number of nitro benzene ring substituents is 1. The van der Waals surface area contributed by atoms with Crippen LogP contribution in [0.2, 0.25) is 5.02 Å². The molecule has 9 nitrogen and oxygen atoms in total. The number of hydrazone groups is 1. The van der Waals surface area contributed by atoms with Gasteiger partial charge in [-0.2, -0.15) is 5.10 Å². The number of benzene rings is 2. The molecule has 2 N–H and O–H groups in total. The van der Waals surface area contributed by atoms with Gasteiger partial charge in [-0.15, -0.1) is 0 Å². The zero-order valence-electron chi connectivity index (χ0n) is 13.1. The number of nitrogens with zero attached hydrogens (tertiary/aromatic N) is 2. The maximum absolute atomic E-state index is 11.9. The Morgan fingerprint density at radius 1 is 1.27 bits per heavy atom. The lowest BCUT2D eigenvalue weighted by Gasteiger charge is -2.05. The molecule has 0 fully saturated rings. The topological polar surface area (TPSA) is 131 Å². The van der Waals surface area contributed by atoms with Crippen molar-refractivity contribution in [3.63, 3.8) is 0 Å². The van der Waals surface area contributed by atoms with Crippen molar-refractivity contribution in [2.24, 2.45) is 5.10 Å². The van der Waals surface area contributed by atoms with Crippen LogP contribution in [0.3, 0.4) is 0 Å². The molecule has 0 aromatic heterocycles. The van der Waals surface area contributed by atoms with E-state index in [1.807, 2.05) is 0 Å². The van der Waals surface area contributed by atoms with Crippen molar-refractivity contribution in [1.29, 1.82) is 0 Å². The molecule has 0 aliphatic heterocycles. The number of rotatable bonds is 7. The molecule has 0 saturated carbocycles. The van der Waals surface area contributed by atoms with Crippen LogP contribution in [0.4, 0.5) is 5.69 Å². The lowest BCUT2D eigenvalue weighted by atomic mass is 10.2. The summed E-state index contributed by atoms with van der Waals surface area (Å²) in [6.45, 7) is -0.515. The Bertz CT molecular complexity index is 867. The van der Waals surface area contributed by atoms with Crippen LogP contribution < -0.4 is 10.2 Å². The van der Waals surface area contributed by atoms with Gasteiger partial charge in [0.25, 0.3) is 11.6 Å². The molecule has 0 radical (unpaired) electrons. The van der Waals surface area contributed by atoms with Gasteiger partial charge in [0.2, 0.25) is 0 Å². The number of ether oxygens (including phenoxy) is 1. The summed E-state index contributed by atoms with van der Waals surface area (Å²) in [6.07, 6.45) is 1.33. The van der Waals surface area contributed by atoms with Crippen LogP contribution >= 0.6 is 11.6 Å². The summed E-state index contributed by atoms with van der Waals surface area (Å²) in [6, 6.07) is 9.60. The van der Waals surface area contributed by atoms with Gasteiger partial charge in [-0.25, -0.2) is 10.2 Å². The summed E-state index contributed by atoms with van der Waals surface area (Å²) >= 11 is 5.97. The fraction of sp³-hybridized carbons (Fsp3) is 0.0625. The quantitative estimate of drug-likeness (QED) is 0.433. The van der Waals surface area contributed by atoms with E-state index in [4.69, 9.17) is 21.4 Å². The number of hydrogen-bond acceptors (Lipinski definition) is 6. The first-order chi connectivity index (χ1) is 12.4. The summed E-state index contributed by atoms with van der Waals surface area (Å²) in [7, 11) is 0. The molecule has 2 rings (SSSR count). The monoisotopic (exact) mass is 377 g/mol. The number of halogens is 1. The average molecular weight is 378 g/mol. The number of hydrogen-bond donors (Lipinski definition) is 2. The van der Waals surface area contributed by atoms with Crippen molar-refractivity contribution in [2.45, 2.75) is 0 Å². The largest absolute Gasteiger partial charge is 0.480 e.